The molecule has 2 aromatic rings. The second kappa shape index (κ2) is 8.03. The number of amides is 1. The Morgan fingerprint density at radius 2 is 2.04 bits per heavy atom. The molecule has 1 aromatic heterocycles. The fraction of sp³-hybridized carbons (Fsp3) is 0.471. The molecule has 0 spiro atoms. The van der Waals surface area contributed by atoms with Crippen LogP contribution in [-0.2, 0) is 11.3 Å². The first kappa shape index (κ1) is 16.6. The number of carbonyl (C=O) groups excluding carboxylic acids is 1. The lowest BCUT2D eigenvalue weighted by Gasteiger charge is -2.29. The SMILES string of the molecule is CC(CN1CCOCC1)NC(=O)c1ccc(Cn2cncn2)cc1. The van der Waals surface area contributed by atoms with Crippen LogP contribution in [0.5, 0.6) is 0 Å². The number of ether oxygens (including phenoxy) is 1. The second-order valence-electron chi connectivity index (χ2n) is 6.08. The summed E-state index contributed by atoms with van der Waals surface area (Å²) in [5, 5.41) is 7.14. The molecule has 1 aromatic carbocycles. The van der Waals surface area contributed by atoms with E-state index in [0.717, 1.165) is 38.4 Å². The summed E-state index contributed by atoms with van der Waals surface area (Å²) in [6, 6.07) is 7.70. The number of nitrogens with one attached hydrogen (secondary N) is 1. The van der Waals surface area contributed by atoms with Gasteiger partial charge in [0.25, 0.3) is 5.91 Å². The summed E-state index contributed by atoms with van der Waals surface area (Å²) in [6.07, 6.45) is 3.19. The molecule has 1 atom stereocenters. The molecule has 2 heterocycles. The van der Waals surface area contributed by atoms with Gasteiger partial charge in [-0.2, -0.15) is 5.10 Å². The number of aromatic nitrogens is 3. The van der Waals surface area contributed by atoms with Gasteiger partial charge in [0, 0.05) is 31.2 Å². The van der Waals surface area contributed by atoms with E-state index in [9.17, 15) is 4.79 Å². The van der Waals surface area contributed by atoms with Crippen LogP contribution < -0.4 is 5.32 Å². The van der Waals surface area contributed by atoms with Crippen molar-refractivity contribution in [2.45, 2.75) is 19.5 Å². The van der Waals surface area contributed by atoms with Gasteiger partial charge in [0.05, 0.1) is 19.8 Å². The van der Waals surface area contributed by atoms with Gasteiger partial charge in [-0.15, -0.1) is 0 Å². The molecule has 1 N–H and O–H groups in total. The molecule has 1 amide bonds. The molecular formula is C17H23N5O2. The summed E-state index contributed by atoms with van der Waals surface area (Å²) in [4.78, 5) is 18.6. The zero-order chi connectivity index (χ0) is 16.8. The van der Waals surface area contributed by atoms with Gasteiger partial charge in [0.15, 0.2) is 0 Å². The zero-order valence-corrected chi connectivity index (χ0v) is 13.9. The largest absolute Gasteiger partial charge is 0.379 e. The molecule has 0 aliphatic carbocycles. The molecule has 1 unspecified atom stereocenters. The third-order valence-corrected chi connectivity index (χ3v) is 4.04. The summed E-state index contributed by atoms with van der Waals surface area (Å²) in [5.41, 5.74) is 1.75. The van der Waals surface area contributed by atoms with Crippen molar-refractivity contribution >= 4 is 5.91 Å². The number of benzene rings is 1. The Bertz CT molecular complexity index is 636. The molecule has 1 saturated heterocycles. The van der Waals surface area contributed by atoms with Gasteiger partial charge in [-0.05, 0) is 24.6 Å². The fourth-order valence-electron chi connectivity index (χ4n) is 2.79. The molecule has 128 valence electrons. The predicted octanol–water partition coefficient (Wildman–Crippen LogP) is 0.777. The van der Waals surface area contributed by atoms with E-state index in [4.69, 9.17) is 4.74 Å². The van der Waals surface area contributed by atoms with Crippen LogP contribution >= 0.6 is 0 Å². The minimum atomic E-state index is -0.0388. The second-order valence-corrected chi connectivity index (χ2v) is 6.08. The molecule has 1 fully saturated rings. The van der Waals surface area contributed by atoms with E-state index in [1.54, 1.807) is 11.0 Å². The molecule has 1 aliphatic rings. The number of hydrogen-bond donors (Lipinski definition) is 1. The zero-order valence-electron chi connectivity index (χ0n) is 13.9. The molecule has 7 nitrogen and oxygen atoms in total. The summed E-state index contributed by atoms with van der Waals surface area (Å²) in [6.45, 7) is 6.93. The van der Waals surface area contributed by atoms with Crippen LogP contribution in [0, 0.1) is 0 Å². The highest BCUT2D eigenvalue weighted by molar-refractivity contribution is 5.94. The van der Waals surface area contributed by atoms with Gasteiger partial charge in [-0.3, -0.25) is 9.69 Å². The van der Waals surface area contributed by atoms with Crippen LogP contribution in [-0.4, -0.2) is 64.5 Å². The van der Waals surface area contributed by atoms with Crippen molar-refractivity contribution in [2.24, 2.45) is 0 Å². The summed E-state index contributed by atoms with van der Waals surface area (Å²) in [7, 11) is 0. The molecule has 1 aliphatic heterocycles. The lowest BCUT2D eigenvalue weighted by molar-refractivity contribution is 0.0342. The van der Waals surface area contributed by atoms with Gasteiger partial charge in [-0.25, -0.2) is 9.67 Å². The molecule has 7 heteroatoms. The lowest BCUT2D eigenvalue weighted by Crippen LogP contribution is -2.46. The minimum Gasteiger partial charge on any atom is -0.379 e. The van der Waals surface area contributed by atoms with E-state index in [1.165, 1.54) is 6.33 Å². The average Bonchev–Trinajstić information content (AvgIpc) is 3.09. The Morgan fingerprint density at radius 1 is 1.29 bits per heavy atom. The first-order valence-corrected chi connectivity index (χ1v) is 8.23. The topological polar surface area (TPSA) is 72.3 Å². The van der Waals surface area contributed by atoms with Crippen LogP contribution in [0.1, 0.15) is 22.8 Å². The van der Waals surface area contributed by atoms with Crippen molar-refractivity contribution in [3.05, 3.63) is 48.0 Å². The number of rotatable bonds is 6. The third-order valence-electron chi connectivity index (χ3n) is 4.04. The quantitative estimate of drug-likeness (QED) is 0.848. The number of morpholine rings is 1. The summed E-state index contributed by atoms with van der Waals surface area (Å²) in [5.74, 6) is -0.0388. The van der Waals surface area contributed by atoms with Crippen molar-refractivity contribution in [3.63, 3.8) is 0 Å². The van der Waals surface area contributed by atoms with Gasteiger partial charge in [0.1, 0.15) is 12.7 Å². The van der Waals surface area contributed by atoms with Gasteiger partial charge >= 0.3 is 0 Å². The van der Waals surface area contributed by atoms with E-state index in [2.05, 4.69) is 20.3 Å². The van der Waals surface area contributed by atoms with Crippen molar-refractivity contribution < 1.29 is 9.53 Å². The van der Waals surface area contributed by atoms with E-state index in [-0.39, 0.29) is 11.9 Å². The highest BCUT2D eigenvalue weighted by Gasteiger charge is 2.15. The van der Waals surface area contributed by atoms with Crippen molar-refractivity contribution in [1.82, 2.24) is 25.0 Å². The predicted molar refractivity (Wildman–Crippen MR) is 89.8 cm³/mol. The number of carbonyl (C=O) groups is 1. The Hall–Kier alpha value is -2.25. The Kier molecular flexibility index (Phi) is 5.55. The molecule has 3 rings (SSSR count). The highest BCUT2D eigenvalue weighted by Crippen LogP contribution is 2.07. The monoisotopic (exact) mass is 329 g/mol. The van der Waals surface area contributed by atoms with E-state index in [1.807, 2.05) is 31.2 Å². The van der Waals surface area contributed by atoms with E-state index >= 15 is 0 Å². The van der Waals surface area contributed by atoms with E-state index < -0.39 is 0 Å². The Balaban J connectivity index is 1.50. The van der Waals surface area contributed by atoms with E-state index in [0.29, 0.717) is 12.1 Å². The number of hydrogen-bond acceptors (Lipinski definition) is 5. The maximum absolute atomic E-state index is 12.3. The maximum atomic E-state index is 12.3. The van der Waals surface area contributed by atoms with Crippen LogP contribution in [0.3, 0.4) is 0 Å². The van der Waals surface area contributed by atoms with Crippen molar-refractivity contribution in [2.75, 3.05) is 32.8 Å². The average molecular weight is 329 g/mol. The fourth-order valence-corrected chi connectivity index (χ4v) is 2.79. The van der Waals surface area contributed by atoms with Crippen LogP contribution in [0.15, 0.2) is 36.9 Å². The standard InChI is InChI=1S/C17H23N5O2/c1-14(10-21-6-8-24-9-7-21)20-17(23)16-4-2-15(3-5-16)11-22-13-18-12-19-22/h2-5,12-14H,6-11H2,1H3,(H,20,23). The lowest BCUT2D eigenvalue weighted by atomic mass is 10.1. The van der Waals surface area contributed by atoms with Crippen molar-refractivity contribution in [1.29, 1.82) is 0 Å². The Labute approximate surface area is 141 Å². The van der Waals surface area contributed by atoms with Crippen molar-refractivity contribution in [3.8, 4) is 0 Å². The molecule has 24 heavy (non-hydrogen) atoms. The maximum Gasteiger partial charge on any atom is 0.251 e. The molecule has 0 bridgehead atoms. The first-order valence-electron chi connectivity index (χ1n) is 8.23. The molecule has 0 radical (unpaired) electrons. The third kappa shape index (κ3) is 4.62. The van der Waals surface area contributed by atoms with Gasteiger partial charge in [0.2, 0.25) is 0 Å². The molecule has 0 saturated carbocycles. The van der Waals surface area contributed by atoms with Gasteiger partial charge < -0.3 is 10.1 Å². The van der Waals surface area contributed by atoms with Crippen LogP contribution in [0.4, 0.5) is 0 Å². The normalized spacial score (nSPS) is 16.7. The first-order chi connectivity index (χ1) is 11.7. The van der Waals surface area contributed by atoms with Crippen LogP contribution in [0.25, 0.3) is 0 Å². The van der Waals surface area contributed by atoms with Crippen LogP contribution in [0.2, 0.25) is 0 Å². The molecular weight excluding hydrogens is 306 g/mol. The summed E-state index contributed by atoms with van der Waals surface area (Å²) < 4.78 is 7.09. The Morgan fingerprint density at radius 3 is 2.71 bits per heavy atom. The smallest absolute Gasteiger partial charge is 0.251 e. The summed E-state index contributed by atoms with van der Waals surface area (Å²) >= 11 is 0. The number of nitrogens with zero attached hydrogens (tertiary/aromatic N) is 4. The minimum absolute atomic E-state index is 0.0388. The highest BCUT2D eigenvalue weighted by atomic mass is 16.5. The van der Waals surface area contributed by atoms with Gasteiger partial charge in [-0.1, -0.05) is 12.1 Å².